The molecule has 0 aromatic carbocycles. The molecule has 6 heteroatoms. The highest BCUT2D eigenvalue weighted by atomic mass is 127. The van der Waals surface area contributed by atoms with Gasteiger partial charge in [-0.25, -0.2) is 0 Å². The molecule has 0 radical (unpaired) electrons. The molecule has 0 bridgehead atoms. The maximum Gasteiger partial charge on any atom is 0.191 e. The number of hydrogen-bond acceptors (Lipinski definition) is 3. The van der Waals surface area contributed by atoms with Crippen molar-refractivity contribution in [2.75, 3.05) is 32.7 Å². The minimum Gasteiger partial charge on any atom is -0.357 e. The van der Waals surface area contributed by atoms with Crippen molar-refractivity contribution < 1.29 is 0 Å². The van der Waals surface area contributed by atoms with Crippen molar-refractivity contribution in [3.05, 3.63) is 22.4 Å². The molecule has 1 fully saturated rings. The first-order chi connectivity index (χ1) is 9.85. The topological polar surface area (TPSA) is 39.7 Å². The molecule has 4 nitrogen and oxygen atoms in total. The maximum absolute atomic E-state index is 4.76. The van der Waals surface area contributed by atoms with E-state index in [2.05, 4.69) is 46.9 Å². The highest BCUT2D eigenvalue weighted by molar-refractivity contribution is 14.0. The van der Waals surface area contributed by atoms with Gasteiger partial charge in [0.1, 0.15) is 0 Å². The zero-order valence-electron chi connectivity index (χ0n) is 13.0. The molecule has 0 aliphatic carbocycles. The molecule has 1 aromatic rings. The first kappa shape index (κ1) is 18.7. The minimum atomic E-state index is 0. The van der Waals surface area contributed by atoms with E-state index in [1.807, 2.05) is 11.3 Å². The number of nitrogens with one attached hydrogen (secondary N) is 2. The predicted octanol–water partition coefficient (Wildman–Crippen LogP) is 3.08. The van der Waals surface area contributed by atoms with E-state index in [9.17, 15) is 0 Å². The average molecular weight is 422 g/mol. The summed E-state index contributed by atoms with van der Waals surface area (Å²) in [5.74, 6) is 0.927. The number of halogens is 1. The molecule has 0 amide bonds. The number of rotatable bonds is 6. The lowest BCUT2D eigenvalue weighted by Crippen LogP contribution is -2.38. The van der Waals surface area contributed by atoms with Crippen LogP contribution in [0.3, 0.4) is 0 Å². The van der Waals surface area contributed by atoms with Crippen LogP contribution in [0.5, 0.6) is 0 Å². The summed E-state index contributed by atoms with van der Waals surface area (Å²) in [5, 5.41) is 8.76. The Morgan fingerprint density at radius 3 is 2.48 bits per heavy atom. The van der Waals surface area contributed by atoms with Gasteiger partial charge in [0, 0.05) is 18.0 Å². The number of hydrogen-bond donors (Lipinski definition) is 2. The summed E-state index contributed by atoms with van der Waals surface area (Å²) in [7, 11) is 0. The van der Waals surface area contributed by atoms with Crippen molar-refractivity contribution in [2.45, 2.75) is 32.7 Å². The van der Waals surface area contributed by atoms with Gasteiger partial charge < -0.3 is 10.6 Å². The Bertz CT molecular complexity index is 394. The van der Waals surface area contributed by atoms with E-state index in [0.29, 0.717) is 6.04 Å². The van der Waals surface area contributed by atoms with Crippen LogP contribution in [0, 0.1) is 0 Å². The zero-order chi connectivity index (χ0) is 14.2. The van der Waals surface area contributed by atoms with Crippen LogP contribution >= 0.6 is 35.3 Å². The summed E-state index contributed by atoms with van der Waals surface area (Å²) in [4.78, 5) is 8.77. The lowest BCUT2D eigenvalue weighted by atomic mass is 10.2. The molecule has 0 saturated carbocycles. The third-order valence-corrected chi connectivity index (χ3v) is 4.54. The van der Waals surface area contributed by atoms with Gasteiger partial charge in [0.15, 0.2) is 5.96 Å². The van der Waals surface area contributed by atoms with Crippen LogP contribution in [0.1, 0.15) is 37.6 Å². The number of likely N-dealkylation sites (tertiary alicyclic amines) is 1. The van der Waals surface area contributed by atoms with E-state index < -0.39 is 0 Å². The highest BCUT2D eigenvalue weighted by Gasteiger charge is 2.23. The van der Waals surface area contributed by atoms with Crippen LogP contribution in [0.25, 0.3) is 0 Å². The number of aliphatic imine (C=N–C) groups is 1. The molecule has 1 saturated heterocycles. The van der Waals surface area contributed by atoms with Gasteiger partial charge >= 0.3 is 0 Å². The van der Waals surface area contributed by atoms with E-state index >= 15 is 0 Å². The van der Waals surface area contributed by atoms with Gasteiger partial charge in [-0.1, -0.05) is 6.07 Å². The third kappa shape index (κ3) is 5.75. The molecular formula is C15H27IN4S. The lowest BCUT2D eigenvalue weighted by molar-refractivity contribution is 0.255. The van der Waals surface area contributed by atoms with Crippen molar-refractivity contribution in [2.24, 2.45) is 4.99 Å². The van der Waals surface area contributed by atoms with Crippen LogP contribution in [0.4, 0.5) is 0 Å². The fraction of sp³-hybridized carbons (Fsp3) is 0.667. The zero-order valence-corrected chi connectivity index (χ0v) is 16.1. The molecule has 120 valence electrons. The average Bonchev–Trinajstić information content (AvgIpc) is 3.13. The highest BCUT2D eigenvalue weighted by Crippen LogP contribution is 2.28. The molecule has 0 spiro atoms. The van der Waals surface area contributed by atoms with Gasteiger partial charge in [-0.05, 0) is 51.2 Å². The smallest absolute Gasteiger partial charge is 0.191 e. The van der Waals surface area contributed by atoms with Crippen molar-refractivity contribution in [3.63, 3.8) is 0 Å². The fourth-order valence-corrected chi connectivity index (χ4v) is 3.46. The van der Waals surface area contributed by atoms with Crippen molar-refractivity contribution in [3.8, 4) is 0 Å². The maximum atomic E-state index is 4.76. The molecule has 2 heterocycles. The van der Waals surface area contributed by atoms with E-state index in [-0.39, 0.29) is 24.0 Å². The summed E-state index contributed by atoms with van der Waals surface area (Å²) in [6, 6.07) is 4.82. The van der Waals surface area contributed by atoms with Gasteiger partial charge in [-0.2, -0.15) is 0 Å². The van der Waals surface area contributed by atoms with E-state index in [4.69, 9.17) is 4.99 Å². The second kappa shape index (κ2) is 10.4. The summed E-state index contributed by atoms with van der Waals surface area (Å²) in [5.41, 5.74) is 0. The van der Waals surface area contributed by atoms with Crippen molar-refractivity contribution in [1.29, 1.82) is 0 Å². The summed E-state index contributed by atoms with van der Waals surface area (Å²) in [6.45, 7) is 9.24. The Hall–Kier alpha value is -0.340. The van der Waals surface area contributed by atoms with E-state index in [0.717, 1.165) is 25.6 Å². The normalized spacial score (nSPS) is 16.1. The Kier molecular flexibility index (Phi) is 9.26. The molecule has 2 rings (SSSR count). The first-order valence-electron chi connectivity index (χ1n) is 7.64. The van der Waals surface area contributed by atoms with Gasteiger partial charge in [0.05, 0.1) is 12.6 Å². The standard InChI is InChI=1S/C15H26N4S.HI/c1-3-16-15(17-4-2)18-12-13(14-8-7-11-20-14)19-9-5-6-10-19;/h7-8,11,13H,3-6,9-10,12H2,1-2H3,(H2,16,17,18);1H. The first-order valence-corrected chi connectivity index (χ1v) is 8.52. The summed E-state index contributed by atoms with van der Waals surface area (Å²) >= 11 is 1.84. The Morgan fingerprint density at radius 1 is 1.29 bits per heavy atom. The molecule has 1 aliphatic heterocycles. The predicted molar refractivity (Wildman–Crippen MR) is 103 cm³/mol. The van der Waals surface area contributed by atoms with Crippen LogP contribution in [-0.4, -0.2) is 43.6 Å². The molecule has 1 aromatic heterocycles. The van der Waals surface area contributed by atoms with Gasteiger partial charge in [0.25, 0.3) is 0 Å². The summed E-state index contributed by atoms with van der Waals surface area (Å²) in [6.07, 6.45) is 2.64. The van der Waals surface area contributed by atoms with Crippen molar-refractivity contribution >= 4 is 41.3 Å². The SMILES string of the molecule is CCNC(=NCC(c1cccs1)N1CCCC1)NCC.I. The molecule has 21 heavy (non-hydrogen) atoms. The second-order valence-electron chi connectivity index (χ2n) is 5.02. The Balaban J connectivity index is 0.00000220. The number of thiophene rings is 1. The summed E-state index contributed by atoms with van der Waals surface area (Å²) < 4.78 is 0. The van der Waals surface area contributed by atoms with E-state index in [1.54, 1.807) is 0 Å². The van der Waals surface area contributed by atoms with E-state index in [1.165, 1.54) is 30.8 Å². The van der Waals surface area contributed by atoms with Crippen LogP contribution < -0.4 is 10.6 Å². The van der Waals surface area contributed by atoms with Crippen molar-refractivity contribution in [1.82, 2.24) is 15.5 Å². The Labute approximate surface area is 149 Å². The number of nitrogens with zero attached hydrogens (tertiary/aromatic N) is 2. The molecule has 1 aliphatic rings. The number of guanidine groups is 1. The minimum absolute atomic E-state index is 0. The molecule has 2 N–H and O–H groups in total. The lowest BCUT2D eigenvalue weighted by Gasteiger charge is -2.25. The third-order valence-electron chi connectivity index (χ3n) is 3.56. The molecular weight excluding hydrogens is 395 g/mol. The second-order valence-corrected chi connectivity index (χ2v) is 6.00. The fourth-order valence-electron chi connectivity index (χ4n) is 2.61. The van der Waals surface area contributed by atoms with Crippen LogP contribution in [0.2, 0.25) is 0 Å². The molecule has 1 atom stereocenters. The van der Waals surface area contributed by atoms with Crippen LogP contribution in [-0.2, 0) is 0 Å². The largest absolute Gasteiger partial charge is 0.357 e. The van der Waals surface area contributed by atoms with Gasteiger partial charge in [0.2, 0.25) is 0 Å². The Morgan fingerprint density at radius 2 is 1.95 bits per heavy atom. The quantitative estimate of drug-likeness (QED) is 0.421. The van der Waals surface area contributed by atoms with Gasteiger partial charge in [-0.3, -0.25) is 9.89 Å². The molecule has 1 unspecified atom stereocenters. The monoisotopic (exact) mass is 422 g/mol. The van der Waals surface area contributed by atoms with Gasteiger partial charge in [-0.15, -0.1) is 35.3 Å². The van der Waals surface area contributed by atoms with Crippen LogP contribution in [0.15, 0.2) is 22.5 Å².